The van der Waals surface area contributed by atoms with E-state index < -0.39 is 24.4 Å². The first kappa shape index (κ1) is 25.7. The van der Waals surface area contributed by atoms with E-state index in [2.05, 4.69) is 4.90 Å². The number of halogens is 2. The molecular formula is C23H40F2N2O5. The number of hydrogen-bond acceptors (Lipinski definition) is 6. The summed E-state index contributed by atoms with van der Waals surface area (Å²) < 4.78 is 46.2. The van der Waals surface area contributed by atoms with Gasteiger partial charge in [0.15, 0.2) is 0 Å². The number of aliphatic hydroxyl groups excluding tert-OH is 1. The normalized spacial score (nSPS) is 33.9. The van der Waals surface area contributed by atoms with Gasteiger partial charge in [0.25, 0.3) is 0 Å². The standard InChI is InChI=1S/C23H40F2N2O5/c1-16(14-28)23(29)27-9-6-22(20(25)13-27)32-17(2)4-3-10-31-21-5-8-26(12-19(21)24)18-7-11-30-15-18/h16-22,28H,3-15H2,1-2H3/t16-,17?,18?,19-,20-,21+,22+/m1/s1. The fourth-order valence-electron chi connectivity index (χ4n) is 4.83. The van der Waals surface area contributed by atoms with Crippen molar-refractivity contribution in [1.82, 2.24) is 9.80 Å². The van der Waals surface area contributed by atoms with Crippen molar-refractivity contribution in [2.45, 2.75) is 82.6 Å². The number of piperidine rings is 2. The quantitative estimate of drug-likeness (QED) is 0.501. The average Bonchev–Trinajstić information content (AvgIpc) is 3.33. The van der Waals surface area contributed by atoms with E-state index in [4.69, 9.17) is 19.3 Å². The molecule has 0 radical (unpaired) electrons. The van der Waals surface area contributed by atoms with Crippen LogP contribution >= 0.6 is 0 Å². The minimum Gasteiger partial charge on any atom is -0.396 e. The number of rotatable bonds is 10. The third-order valence-electron chi connectivity index (χ3n) is 6.92. The predicted octanol–water partition coefficient (Wildman–Crippen LogP) is 1.96. The minimum absolute atomic E-state index is 0.00718. The first-order chi connectivity index (χ1) is 15.4. The van der Waals surface area contributed by atoms with Crippen molar-refractivity contribution in [2.24, 2.45) is 5.92 Å². The SMILES string of the molecule is CC(CCCO[C@H]1CCN(C2CCOC2)C[C@H]1F)O[C@H]1CCN(C(=O)[C@H](C)CO)C[C@H]1F. The fraction of sp³-hybridized carbons (Fsp3) is 0.957. The Morgan fingerprint density at radius 2 is 1.88 bits per heavy atom. The molecule has 2 unspecified atom stereocenters. The number of nitrogens with zero attached hydrogens (tertiary/aromatic N) is 2. The van der Waals surface area contributed by atoms with Crippen LogP contribution in [0.1, 0.15) is 46.0 Å². The van der Waals surface area contributed by atoms with Crippen LogP contribution in [0, 0.1) is 5.92 Å². The van der Waals surface area contributed by atoms with E-state index in [-0.39, 0.29) is 31.3 Å². The number of carbonyl (C=O) groups excluding carboxylic acids is 1. The van der Waals surface area contributed by atoms with Crippen LogP contribution in [0.3, 0.4) is 0 Å². The van der Waals surface area contributed by atoms with Crippen molar-refractivity contribution < 1.29 is 32.9 Å². The van der Waals surface area contributed by atoms with Crippen LogP contribution < -0.4 is 0 Å². The molecule has 7 nitrogen and oxygen atoms in total. The Morgan fingerprint density at radius 3 is 2.53 bits per heavy atom. The van der Waals surface area contributed by atoms with Gasteiger partial charge >= 0.3 is 0 Å². The summed E-state index contributed by atoms with van der Waals surface area (Å²) in [6, 6.07) is 0.342. The molecule has 3 rings (SSSR count). The van der Waals surface area contributed by atoms with E-state index in [9.17, 15) is 13.6 Å². The lowest BCUT2D eigenvalue weighted by Crippen LogP contribution is -2.50. The number of hydrogen-bond donors (Lipinski definition) is 1. The van der Waals surface area contributed by atoms with Crippen LogP contribution in [0.2, 0.25) is 0 Å². The third-order valence-corrected chi connectivity index (χ3v) is 6.92. The van der Waals surface area contributed by atoms with Crippen LogP contribution in [0.25, 0.3) is 0 Å². The Labute approximate surface area is 190 Å². The summed E-state index contributed by atoms with van der Waals surface area (Å²) >= 11 is 0. The van der Waals surface area contributed by atoms with Gasteiger partial charge in [-0.25, -0.2) is 8.78 Å². The molecule has 0 aromatic rings. The molecule has 3 fully saturated rings. The first-order valence-electron chi connectivity index (χ1n) is 12.2. The molecule has 7 atom stereocenters. The van der Waals surface area contributed by atoms with Crippen LogP contribution in [-0.2, 0) is 19.0 Å². The Hall–Kier alpha value is -0.870. The third kappa shape index (κ3) is 7.06. The Balaban J connectivity index is 1.29. The van der Waals surface area contributed by atoms with Crippen molar-refractivity contribution >= 4 is 5.91 Å². The van der Waals surface area contributed by atoms with Gasteiger partial charge in [0.05, 0.1) is 44.0 Å². The highest BCUT2D eigenvalue weighted by Gasteiger charge is 2.35. The van der Waals surface area contributed by atoms with Crippen molar-refractivity contribution in [2.75, 3.05) is 52.6 Å². The van der Waals surface area contributed by atoms with Crippen molar-refractivity contribution in [1.29, 1.82) is 0 Å². The Bertz CT molecular complexity index is 581. The lowest BCUT2D eigenvalue weighted by Gasteiger charge is -2.37. The summed E-state index contributed by atoms with van der Waals surface area (Å²) in [5.74, 6) is -0.723. The molecule has 9 heteroatoms. The number of carbonyl (C=O) groups is 1. The number of amides is 1. The molecule has 3 heterocycles. The Morgan fingerprint density at radius 1 is 1.12 bits per heavy atom. The summed E-state index contributed by atoms with van der Waals surface area (Å²) in [7, 11) is 0. The predicted molar refractivity (Wildman–Crippen MR) is 116 cm³/mol. The van der Waals surface area contributed by atoms with Gasteiger partial charge in [-0.3, -0.25) is 9.69 Å². The topological polar surface area (TPSA) is 71.5 Å². The largest absolute Gasteiger partial charge is 0.396 e. The van der Waals surface area contributed by atoms with Crippen LogP contribution in [0.15, 0.2) is 0 Å². The van der Waals surface area contributed by atoms with Crippen LogP contribution in [0.4, 0.5) is 8.78 Å². The smallest absolute Gasteiger partial charge is 0.227 e. The molecule has 0 aromatic carbocycles. The second-order valence-electron chi connectivity index (χ2n) is 9.53. The van der Waals surface area contributed by atoms with E-state index in [0.29, 0.717) is 51.6 Å². The van der Waals surface area contributed by atoms with Gasteiger partial charge in [0.1, 0.15) is 12.3 Å². The number of ether oxygens (including phenoxy) is 3. The first-order valence-corrected chi connectivity index (χ1v) is 12.2. The number of likely N-dealkylation sites (tertiary alicyclic amines) is 2. The Kier molecular flexibility index (Phi) is 10.1. The zero-order valence-electron chi connectivity index (χ0n) is 19.5. The summed E-state index contributed by atoms with van der Waals surface area (Å²) in [6.45, 7) is 6.96. The molecule has 1 N–H and O–H groups in total. The summed E-state index contributed by atoms with van der Waals surface area (Å²) in [4.78, 5) is 15.8. The van der Waals surface area contributed by atoms with Crippen LogP contribution in [-0.4, -0.2) is 110 Å². The van der Waals surface area contributed by atoms with Gasteiger partial charge in [-0.15, -0.1) is 0 Å². The molecule has 0 bridgehead atoms. The molecule has 0 aliphatic carbocycles. The molecule has 186 valence electrons. The second kappa shape index (κ2) is 12.6. The molecule has 0 saturated carbocycles. The average molecular weight is 463 g/mol. The van der Waals surface area contributed by atoms with E-state index in [0.717, 1.165) is 26.0 Å². The summed E-state index contributed by atoms with van der Waals surface area (Å²) in [5, 5.41) is 9.13. The highest BCUT2D eigenvalue weighted by Crippen LogP contribution is 2.24. The van der Waals surface area contributed by atoms with Crippen molar-refractivity contribution in [3.05, 3.63) is 0 Å². The van der Waals surface area contributed by atoms with Gasteiger partial charge in [0.2, 0.25) is 5.91 Å². The molecule has 3 aliphatic rings. The fourth-order valence-corrected chi connectivity index (χ4v) is 4.83. The molecule has 32 heavy (non-hydrogen) atoms. The lowest BCUT2D eigenvalue weighted by molar-refractivity contribution is -0.143. The maximum atomic E-state index is 14.5. The number of alkyl halides is 2. The highest BCUT2D eigenvalue weighted by molar-refractivity contribution is 5.78. The monoisotopic (exact) mass is 462 g/mol. The molecule has 0 spiro atoms. The van der Waals surface area contributed by atoms with Gasteiger partial charge in [-0.2, -0.15) is 0 Å². The lowest BCUT2D eigenvalue weighted by atomic mass is 10.0. The highest BCUT2D eigenvalue weighted by atomic mass is 19.1. The molecular weight excluding hydrogens is 422 g/mol. The molecule has 3 saturated heterocycles. The molecule has 3 aliphatic heterocycles. The second-order valence-corrected chi connectivity index (χ2v) is 9.53. The maximum Gasteiger partial charge on any atom is 0.227 e. The zero-order valence-corrected chi connectivity index (χ0v) is 19.5. The summed E-state index contributed by atoms with van der Waals surface area (Å²) in [5.41, 5.74) is 0. The summed E-state index contributed by atoms with van der Waals surface area (Å²) in [6.07, 6.45) is 0.321. The maximum absolute atomic E-state index is 14.5. The van der Waals surface area contributed by atoms with E-state index in [1.807, 2.05) is 6.92 Å². The van der Waals surface area contributed by atoms with E-state index in [1.165, 1.54) is 4.90 Å². The van der Waals surface area contributed by atoms with Crippen molar-refractivity contribution in [3.63, 3.8) is 0 Å². The molecule has 0 aromatic heterocycles. The van der Waals surface area contributed by atoms with Gasteiger partial charge in [-0.1, -0.05) is 6.92 Å². The minimum atomic E-state index is -1.24. The van der Waals surface area contributed by atoms with Crippen LogP contribution in [0.5, 0.6) is 0 Å². The molecule has 1 amide bonds. The zero-order chi connectivity index (χ0) is 23.1. The van der Waals surface area contributed by atoms with Gasteiger partial charge in [0, 0.05) is 38.9 Å². The van der Waals surface area contributed by atoms with E-state index >= 15 is 0 Å². The van der Waals surface area contributed by atoms with E-state index in [1.54, 1.807) is 6.92 Å². The van der Waals surface area contributed by atoms with Gasteiger partial charge < -0.3 is 24.2 Å². The van der Waals surface area contributed by atoms with Gasteiger partial charge in [-0.05, 0) is 39.0 Å². The van der Waals surface area contributed by atoms with Crippen molar-refractivity contribution in [3.8, 4) is 0 Å². The number of aliphatic hydroxyl groups is 1.